The van der Waals surface area contributed by atoms with Gasteiger partial charge >= 0.3 is 0 Å². The molecular formula is C14H26N2O2. The number of piperidine rings is 2. The van der Waals surface area contributed by atoms with Gasteiger partial charge in [0.25, 0.3) is 0 Å². The van der Waals surface area contributed by atoms with E-state index in [1.54, 1.807) is 0 Å². The SMILES string of the molecule is CC1CN(C(=O)CC2NCCCC2C)CCC1O. The first-order chi connectivity index (χ1) is 8.58. The van der Waals surface area contributed by atoms with E-state index in [-0.39, 0.29) is 17.9 Å². The van der Waals surface area contributed by atoms with Crippen molar-refractivity contribution in [3.8, 4) is 0 Å². The summed E-state index contributed by atoms with van der Waals surface area (Å²) in [6.07, 6.45) is 3.55. The van der Waals surface area contributed by atoms with Crippen LogP contribution in [0.1, 0.15) is 39.5 Å². The summed E-state index contributed by atoms with van der Waals surface area (Å²) in [5, 5.41) is 13.2. The van der Waals surface area contributed by atoms with Crippen LogP contribution in [-0.4, -0.2) is 47.7 Å². The Bertz CT molecular complexity index is 296. The first-order valence-corrected chi connectivity index (χ1v) is 7.27. The van der Waals surface area contributed by atoms with Crippen molar-refractivity contribution in [2.45, 2.75) is 51.7 Å². The summed E-state index contributed by atoms with van der Waals surface area (Å²) >= 11 is 0. The molecule has 4 unspecified atom stereocenters. The number of carbonyl (C=O) groups is 1. The molecule has 2 saturated heterocycles. The molecule has 4 heteroatoms. The summed E-state index contributed by atoms with van der Waals surface area (Å²) < 4.78 is 0. The molecule has 0 bridgehead atoms. The molecule has 0 radical (unpaired) electrons. The fourth-order valence-electron chi connectivity index (χ4n) is 3.06. The Balaban J connectivity index is 1.84. The Labute approximate surface area is 110 Å². The van der Waals surface area contributed by atoms with Crippen LogP contribution in [0.3, 0.4) is 0 Å². The van der Waals surface area contributed by atoms with Crippen molar-refractivity contribution < 1.29 is 9.90 Å². The zero-order chi connectivity index (χ0) is 13.1. The first kappa shape index (κ1) is 13.8. The Morgan fingerprint density at radius 2 is 2.11 bits per heavy atom. The number of carbonyl (C=O) groups excluding carboxylic acids is 1. The van der Waals surface area contributed by atoms with E-state index in [2.05, 4.69) is 12.2 Å². The molecule has 0 saturated carbocycles. The molecule has 0 aromatic rings. The highest BCUT2D eigenvalue weighted by molar-refractivity contribution is 5.77. The molecule has 104 valence electrons. The van der Waals surface area contributed by atoms with Crippen LogP contribution in [0.25, 0.3) is 0 Å². The number of nitrogens with zero attached hydrogens (tertiary/aromatic N) is 1. The van der Waals surface area contributed by atoms with Gasteiger partial charge in [-0.2, -0.15) is 0 Å². The second-order valence-electron chi connectivity index (χ2n) is 6.06. The first-order valence-electron chi connectivity index (χ1n) is 7.27. The summed E-state index contributed by atoms with van der Waals surface area (Å²) in [5.74, 6) is 1.05. The fourth-order valence-corrected chi connectivity index (χ4v) is 3.06. The van der Waals surface area contributed by atoms with Crippen molar-refractivity contribution in [2.75, 3.05) is 19.6 Å². The highest BCUT2D eigenvalue weighted by Gasteiger charge is 2.30. The number of aliphatic hydroxyl groups is 1. The monoisotopic (exact) mass is 254 g/mol. The average Bonchev–Trinajstić information content (AvgIpc) is 2.35. The van der Waals surface area contributed by atoms with Gasteiger partial charge < -0.3 is 15.3 Å². The Morgan fingerprint density at radius 1 is 1.33 bits per heavy atom. The second kappa shape index (κ2) is 6.02. The van der Waals surface area contributed by atoms with Gasteiger partial charge in [0.05, 0.1) is 6.10 Å². The quantitative estimate of drug-likeness (QED) is 0.773. The molecule has 4 nitrogen and oxygen atoms in total. The molecule has 0 aromatic heterocycles. The van der Waals surface area contributed by atoms with Crippen molar-refractivity contribution in [3.05, 3.63) is 0 Å². The predicted molar refractivity (Wildman–Crippen MR) is 71.2 cm³/mol. The average molecular weight is 254 g/mol. The number of rotatable bonds is 2. The van der Waals surface area contributed by atoms with Crippen molar-refractivity contribution in [2.24, 2.45) is 11.8 Å². The Morgan fingerprint density at radius 3 is 2.78 bits per heavy atom. The maximum Gasteiger partial charge on any atom is 0.224 e. The summed E-state index contributed by atoms with van der Waals surface area (Å²) in [6.45, 7) is 6.71. The Kier molecular flexibility index (Phi) is 4.62. The number of likely N-dealkylation sites (tertiary alicyclic amines) is 1. The number of nitrogens with one attached hydrogen (secondary N) is 1. The third-order valence-electron chi connectivity index (χ3n) is 4.54. The van der Waals surface area contributed by atoms with Crippen LogP contribution in [-0.2, 0) is 4.79 Å². The topological polar surface area (TPSA) is 52.6 Å². The lowest BCUT2D eigenvalue weighted by atomic mass is 9.89. The van der Waals surface area contributed by atoms with Gasteiger partial charge in [0, 0.05) is 25.6 Å². The highest BCUT2D eigenvalue weighted by Crippen LogP contribution is 2.21. The normalized spacial score (nSPS) is 37.6. The van der Waals surface area contributed by atoms with Crippen LogP contribution >= 0.6 is 0 Å². The van der Waals surface area contributed by atoms with Crippen LogP contribution in [0.5, 0.6) is 0 Å². The smallest absolute Gasteiger partial charge is 0.224 e. The minimum absolute atomic E-state index is 0.208. The van der Waals surface area contributed by atoms with Gasteiger partial charge in [0.1, 0.15) is 0 Å². The van der Waals surface area contributed by atoms with E-state index in [0.717, 1.165) is 13.0 Å². The summed E-state index contributed by atoms with van der Waals surface area (Å²) in [6, 6.07) is 0.341. The minimum atomic E-state index is -0.235. The van der Waals surface area contributed by atoms with Gasteiger partial charge in [-0.3, -0.25) is 4.79 Å². The molecule has 2 rings (SSSR count). The molecule has 2 heterocycles. The third kappa shape index (κ3) is 3.23. The van der Waals surface area contributed by atoms with Gasteiger partial charge in [-0.1, -0.05) is 13.8 Å². The lowest BCUT2D eigenvalue weighted by Gasteiger charge is -2.36. The van der Waals surface area contributed by atoms with Gasteiger partial charge in [-0.15, -0.1) is 0 Å². The van der Waals surface area contributed by atoms with Crippen LogP contribution in [0, 0.1) is 11.8 Å². The second-order valence-corrected chi connectivity index (χ2v) is 6.06. The Hall–Kier alpha value is -0.610. The molecule has 2 aliphatic rings. The van der Waals surface area contributed by atoms with Gasteiger partial charge in [0.15, 0.2) is 0 Å². The predicted octanol–water partition coefficient (Wildman–Crippen LogP) is 0.994. The largest absolute Gasteiger partial charge is 0.393 e. The lowest BCUT2D eigenvalue weighted by Crippen LogP contribution is -2.48. The lowest BCUT2D eigenvalue weighted by molar-refractivity contribution is -0.135. The van der Waals surface area contributed by atoms with Gasteiger partial charge in [-0.25, -0.2) is 0 Å². The molecule has 0 aromatic carbocycles. The maximum absolute atomic E-state index is 12.3. The molecule has 1 amide bonds. The molecule has 2 fully saturated rings. The van der Waals surface area contributed by atoms with Crippen molar-refractivity contribution in [3.63, 3.8) is 0 Å². The summed E-state index contributed by atoms with van der Waals surface area (Å²) in [4.78, 5) is 14.2. The van der Waals surface area contributed by atoms with Crippen LogP contribution in [0.2, 0.25) is 0 Å². The zero-order valence-corrected chi connectivity index (χ0v) is 11.6. The number of hydrogen-bond acceptors (Lipinski definition) is 3. The van der Waals surface area contributed by atoms with E-state index < -0.39 is 0 Å². The molecule has 0 aliphatic carbocycles. The van der Waals surface area contributed by atoms with E-state index in [0.29, 0.717) is 31.5 Å². The summed E-state index contributed by atoms with van der Waals surface area (Å²) in [5.41, 5.74) is 0. The van der Waals surface area contributed by atoms with Crippen molar-refractivity contribution in [1.29, 1.82) is 0 Å². The number of amides is 1. The van der Waals surface area contributed by atoms with Crippen LogP contribution in [0.4, 0.5) is 0 Å². The third-order valence-corrected chi connectivity index (χ3v) is 4.54. The van der Waals surface area contributed by atoms with E-state index in [1.165, 1.54) is 12.8 Å². The molecule has 18 heavy (non-hydrogen) atoms. The van der Waals surface area contributed by atoms with E-state index >= 15 is 0 Å². The minimum Gasteiger partial charge on any atom is -0.393 e. The van der Waals surface area contributed by atoms with E-state index in [4.69, 9.17) is 0 Å². The van der Waals surface area contributed by atoms with Gasteiger partial charge in [0.2, 0.25) is 5.91 Å². The van der Waals surface area contributed by atoms with Crippen molar-refractivity contribution in [1.82, 2.24) is 10.2 Å². The molecule has 4 atom stereocenters. The number of hydrogen-bond donors (Lipinski definition) is 2. The molecule has 2 aliphatic heterocycles. The van der Waals surface area contributed by atoms with Crippen LogP contribution < -0.4 is 5.32 Å². The molecule has 0 spiro atoms. The molecular weight excluding hydrogens is 228 g/mol. The number of aliphatic hydroxyl groups excluding tert-OH is 1. The van der Waals surface area contributed by atoms with E-state index in [9.17, 15) is 9.90 Å². The molecule has 2 N–H and O–H groups in total. The zero-order valence-electron chi connectivity index (χ0n) is 11.6. The van der Waals surface area contributed by atoms with Gasteiger partial charge in [-0.05, 0) is 37.6 Å². The standard InChI is InChI=1S/C14H26N2O2/c1-10-4-3-6-15-12(10)8-14(18)16-7-5-13(17)11(2)9-16/h10-13,15,17H,3-9H2,1-2H3. The maximum atomic E-state index is 12.3. The fraction of sp³-hybridized carbons (Fsp3) is 0.929. The summed E-state index contributed by atoms with van der Waals surface area (Å²) in [7, 11) is 0. The van der Waals surface area contributed by atoms with Crippen molar-refractivity contribution >= 4 is 5.91 Å². The highest BCUT2D eigenvalue weighted by atomic mass is 16.3. The van der Waals surface area contributed by atoms with Crippen LogP contribution in [0.15, 0.2) is 0 Å². The van der Waals surface area contributed by atoms with E-state index in [1.807, 2.05) is 11.8 Å².